The average Bonchev–Trinajstić information content (AvgIpc) is 2.35. The van der Waals surface area contributed by atoms with Crippen LogP contribution in [0.4, 0.5) is 0 Å². The Bertz CT molecular complexity index is 343. The Morgan fingerprint density at radius 3 is 2.28 bits per heavy atom. The minimum absolute atomic E-state index is 0.299. The molecule has 1 unspecified atom stereocenters. The van der Waals surface area contributed by atoms with Gasteiger partial charge in [-0.05, 0) is 26.2 Å². The van der Waals surface area contributed by atoms with Crippen LogP contribution in [-0.4, -0.2) is 19.0 Å². The molecule has 1 aliphatic rings. The minimum Gasteiger partial charge on any atom is -0.469 e. The first kappa shape index (κ1) is 14.7. The molecule has 0 heterocycles. The van der Waals surface area contributed by atoms with Gasteiger partial charge in [0.1, 0.15) is 0 Å². The van der Waals surface area contributed by atoms with Gasteiger partial charge in [0.05, 0.1) is 18.4 Å². The number of rotatable bonds is 5. The van der Waals surface area contributed by atoms with Crippen LogP contribution in [0.15, 0.2) is 12.2 Å². The van der Waals surface area contributed by atoms with Gasteiger partial charge in [-0.2, -0.15) is 0 Å². The first-order valence-electron chi connectivity index (χ1n) is 6.46. The zero-order chi connectivity index (χ0) is 13.8. The normalized spacial score (nSPS) is 19.9. The van der Waals surface area contributed by atoms with Crippen molar-refractivity contribution in [1.29, 1.82) is 0 Å². The van der Waals surface area contributed by atoms with Crippen molar-refractivity contribution in [2.45, 2.75) is 45.4 Å². The predicted octanol–water partition coefficient (Wildman–Crippen LogP) is 2.18. The second-order valence-electron chi connectivity index (χ2n) is 5.32. The summed E-state index contributed by atoms with van der Waals surface area (Å²) in [5.41, 5.74) is 5.64. The van der Waals surface area contributed by atoms with E-state index in [1.807, 2.05) is 6.92 Å². The zero-order valence-corrected chi connectivity index (χ0v) is 11.3. The lowest BCUT2D eigenvalue weighted by Crippen LogP contribution is -2.47. The van der Waals surface area contributed by atoms with Crippen LogP contribution in [0.3, 0.4) is 0 Å². The molecule has 1 aliphatic carbocycles. The topological polar surface area (TPSA) is 69.4 Å². The summed E-state index contributed by atoms with van der Waals surface area (Å²) in [5, 5.41) is 0. The van der Waals surface area contributed by atoms with Gasteiger partial charge < -0.3 is 10.5 Å². The van der Waals surface area contributed by atoms with E-state index in [2.05, 4.69) is 6.58 Å². The molecule has 1 atom stereocenters. The molecule has 1 fully saturated rings. The largest absolute Gasteiger partial charge is 0.469 e. The third-order valence-electron chi connectivity index (χ3n) is 3.90. The van der Waals surface area contributed by atoms with E-state index in [4.69, 9.17) is 10.5 Å². The lowest BCUT2D eigenvalue weighted by atomic mass is 9.64. The van der Waals surface area contributed by atoms with Crippen LogP contribution in [0.2, 0.25) is 0 Å². The first-order chi connectivity index (χ1) is 8.44. The SMILES string of the molecule is C=C(C)CC(C(N)=O)C1(C(=O)OC)CCCCC1. The van der Waals surface area contributed by atoms with Crippen LogP contribution in [0, 0.1) is 11.3 Å². The average molecular weight is 253 g/mol. The van der Waals surface area contributed by atoms with Gasteiger partial charge >= 0.3 is 5.97 Å². The molecule has 0 radical (unpaired) electrons. The van der Waals surface area contributed by atoms with Gasteiger partial charge in [-0.3, -0.25) is 9.59 Å². The van der Waals surface area contributed by atoms with Gasteiger partial charge in [0, 0.05) is 0 Å². The number of carbonyl (C=O) groups is 2. The highest BCUT2D eigenvalue weighted by atomic mass is 16.5. The first-order valence-corrected chi connectivity index (χ1v) is 6.46. The summed E-state index contributed by atoms with van der Waals surface area (Å²) in [7, 11) is 1.37. The van der Waals surface area contributed by atoms with E-state index in [9.17, 15) is 9.59 Å². The van der Waals surface area contributed by atoms with Gasteiger partial charge in [-0.1, -0.05) is 24.8 Å². The Labute approximate surface area is 109 Å². The van der Waals surface area contributed by atoms with Crippen molar-refractivity contribution in [2.75, 3.05) is 7.11 Å². The summed E-state index contributed by atoms with van der Waals surface area (Å²) in [6.45, 7) is 5.68. The molecule has 1 rings (SSSR count). The molecule has 0 saturated heterocycles. The number of amides is 1. The number of hydrogen-bond donors (Lipinski definition) is 1. The highest BCUT2D eigenvalue weighted by molar-refractivity contribution is 5.87. The number of primary amides is 1. The monoisotopic (exact) mass is 253 g/mol. The van der Waals surface area contributed by atoms with E-state index in [-0.39, 0.29) is 5.97 Å². The van der Waals surface area contributed by atoms with Crippen LogP contribution in [0.25, 0.3) is 0 Å². The third kappa shape index (κ3) is 2.92. The Kier molecular flexibility index (Phi) is 4.93. The second-order valence-corrected chi connectivity index (χ2v) is 5.32. The minimum atomic E-state index is -0.738. The molecule has 1 saturated carbocycles. The molecule has 2 N–H and O–H groups in total. The summed E-state index contributed by atoms with van der Waals surface area (Å²) >= 11 is 0. The summed E-state index contributed by atoms with van der Waals surface area (Å²) in [6.07, 6.45) is 4.80. The van der Waals surface area contributed by atoms with Crippen LogP contribution in [0.1, 0.15) is 45.4 Å². The fourth-order valence-corrected chi connectivity index (χ4v) is 3.00. The molecule has 1 amide bonds. The van der Waals surface area contributed by atoms with Crippen LogP contribution >= 0.6 is 0 Å². The van der Waals surface area contributed by atoms with E-state index in [0.717, 1.165) is 24.8 Å². The molecule has 4 heteroatoms. The van der Waals surface area contributed by atoms with Crippen LogP contribution in [0.5, 0.6) is 0 Å². The van der Waals surface area contributed by atoms with Crippen molar-refractivity contribution in [1.82, 2.24) is 0 Å². The molecular weight excluding hydrogens is 230 g/mol. The zero-order valence-electron chi connectivity index (χ0n) is 11.3. The van der Waals surface area contributed by atoms with Crippen molar-refractivity contribution >= 4 is 11.9 Å². The summed E-state index contributed by atoms with van der Waals surface area (Å²) in [4.78, 5) is 23.9. The van der Waals surface area contributed by atoms with Gasteiger partial charge in [-0.25, -0.2) is 0 Å². The number of carbonyl (C=O) groups excluding carboxylic acids is 2. The molecule has 0 spiro atoms. The van der Waals surface area contributed by atoms with Crippen LogP contribution in [-0.2, 0) is 14.3 Å². The Hall–Kier alpha value is -1.32. The molecule has 102 valence electrons. The number of nitrogens with two attached hydrogens (primary N) is 1. The lowest BCUT2D eigenvalue weighted by molar-refractivity contribution is -0.162. The standard InChI is InChI=1S/C14H23NO3/c1-10(2)9-11(12(15)16)14(13(17)18-3)7-5-4-6-8-14/h11H,1,4-9H2,2-3H3,(H2,15,16). The summed E-state index contributed by atoms with van der Waals surface area (Å²) in [6, 6.07) is 0. The Balaban J connectivity index is 3.08. The van der Waals surface area contributed by atoms with Crippen molar-refractivity contribution in [2.24, 2.45) is 17.1 Å². The fourth-order valence-electron chi connectivity index (χ4n) is 3.00. The third-order valence-corrected chi connectivity index (χ3v) is 3.90. The van der Waals surface area contributed by atoms with Gasteiger partial charge in [0.15, 0.2) is 0 Å². The molecule has 4 nitrogen and oxygen atoms in total. The number of esters is 1. The summed E-state index contributed by atoms with van der Waals surface area (Å²) < 4.78 is 4.93. The number of allylic oxidation sites excluding steroid dienone is 1. The van der Waals surface area contributed by atoms with E-state index in [0.29, 0.717) is 19.3 Å². The highest BCUT2D eigenvalue weighted by Gasteiger charge is 2.49. The number of hydrogen-bond acceptors (Lipinski definition) is 3. The smallest absolute Gasteiger partial charge is 0.312 e. The number of methoxy groups -OCH3 is 1. The summed E-state index contributed by atoms with van der Waals surface area (Å²) in [5.74, 6) is -1.22. The Morgan fingerprint density at radius 2 is 1.89 bits per heavy atom. The van der Waals surface area contributed by atoms with Crippen molar-refractivity contribution in [3.63, 3.8) is 0 Å². The lowest BCUT2D eigenvalue weighted by Gasteiger charge is -2.39. The maximum atomic E-state index is 12.2. The molecule has 0 aromatic heterocycles. The molecule has 0 aliphatic heterocycles. The second kappa shape index (κ2) is 6.03. The van der Waals surface area contributed by atoms with E-state index in [1.54, 1.807) is 0 Å². The predicted molar refractivity (Wildman–Crippen MR) is 69.6 cm³/mol. The maximum absolute atomic E-state index is 12.2. The van der Waals surface area contributed by atoms with E-state index < -0.39 is 17.2 Å². The maximum Gasteiger partial charge on any atom is 0.312 e. The molecule has 0 aromatic rings. The number of ether oxygens (including phenoxy) is 1. The van der Waals surface area contributed by atoms with Crippen molar-refractivity contribution in [3.8, 4) is 0 Å². The molecule has 18 heavy (non-hydrogen) atoms. The fraction of sp³-hybridized carbons (Fsp3) is 0.714. The van der Waals surface area contributed by atoms with Gasteiger partial charge in [-0.15, -0.1) is 6.58 Å². The van der Waals surface area contributed by atoms with Crippen molar-refractivity contribution < 1.29 is 14.3 Å². The molecule has 0 aromatic carbocycles. The van der Waals surface area contributed by atoms with Gasteiger partial charge in [0.2, 0.25) is 5.91 Å². The molecular formula is C14H23NO3. The quantitative estimate of drug-likeness (QED) is 0.603. The molecule has 0 bridgehead atoms. The highest BCUT2D eigenvalue weighted by Crippen LogP contribution is 2.45. The van der Waals surface area contributed by atoms with Gasteiger partial charge in [0.25, 0.3) is 0 Å². The van der Waals surface area contributed by atoms with Crippen LogP contribution < -0.4 is 5.73 Å². The van der Waals surface area contributed by atoms with E-state index >= 15 is 0 Å². The van der Waals surface area contributed by atoms with E-state index in [1.165, 1.54) is 7.11 Å². The Morgan fingerprint density at radius 1 is 1.33 bits per heavy atom. The van der Waals surface area contributed by atoms with Crippen molar-refractivity contribution in [3.05, 3.63) is 12.2 Å².